The smallest absolute Gasteiger partial charge is 0.129 e. The van der Waals surface area contributed by atoms with Gasteiger partial charge >= 0.3 is 0 Å². The number of rotatable bonds is 6. The van der Waals surface area contributed by atoms with E-state index < -0.39 is 11.6 Å². The lowest BCUT2D eigenvalue weighted by Crippen LogP contribution is -2.37. The normalized spacial score (nSPS) is 24.0. The van der Waals surface area contributed by atoms with Gasteiger partial charge in [0.25, 0.3) is 0 Å². The summed E-state index contributed by atoms with van der Waals surface area (Å²) in [6.07, 6.45) is 5.63. The van der Waals surface area contributed by atoms with Crippen molar-refractivity contribution in [3.05, 3.63) is 35.4 Å². The summed E-state index contributed by atoms with van der Waals surface area (Å²) in [7, 11) is 0. The fourth-order valence-corrected chi connectivity index (χ4v) is 3.44. The SMILES string of the molecule is CCNC(Cc1ccc(F)cc1F)C1CCC(CC)C1. The number of likely N-dealkylation sites (N-methyl/N-ethyl adjacent to an activating group) is 1. The summed E-state index contributed by atoms with van der Waals surface area (Å²) >= 11 is 0. The van der Waals surface area contributed by atoms with E-state index in [4.69, 9.17) is 0 Å². The Bertz CT molecular complexity index is 433. The minimum atomic E-state index is -0.502. The summed E-state index contributed by atoms with van der Waals surface area (Å²) in [5, 5.41) is 3.50. The van der Waals surface area contributed by atoms with Gasteiger partial charge in [0, 0.05) is 12.1 Å². The van der Waals surface area contributed by atoms with Crippen LogP contribution in [0.2, 0.25) is 0 Å². The maximum Gasteiger partial charge on any atom is 0.129 e. The topological polar surface area (TPSA) is 12.0 Å². The molecule has 112 valence electrons. The number of hydrogen-bond acceptors (Lipinski definition) is 1. The molecule has 0 bridgehead atoms. The standard InChI is InChI=1S/C17H25F2N/c1-3-12-5-6-14(9-12)17(20-4-2)10-13-7-8-15(18)11-16(13)19/h7-8,11-12,14,17,20H,3-6,9-10H2,1-2H3. The van der Waals surface area contributed by atoms with E-state index in [1.807, 2.05) is 0 Å². The van der Waals surface area contributed by atoms with Crippen LogP contribution in [0.4, 0.5) is 8.78 Å². The average Bonchev–Trinajstić information content (AvgIpc) is 2.90. The highest BCUT2D eigenvalue weighted by Crippen LogP contribution is 2.36. The second-order valence-corrected chi connectivity index (χ2v) is 5.95. The molecule has 1 aliphatic rings. The Hall–Kier alpha value is -0.960. The monoisotopic (exact) mass is 281 g/mol. The van der Waals surface area contributed by atoms with Crippen molar-refractivity contribution in [1.29, 1.82) is 0 Å². The van der Waals surface area contributed by atoms with E-state index in [0.717, 1.165) is 18.5 Å². The molecule has 0 radical (unpaired) electrons. The quantitative estimate of drug-likeness (QED) is 0.819. The van der Waals surface area contributed by atoms with Crippen molar-refractivity contribution in [3.63, 3.8) is 0 Å². The van der Waals surface area contributed by atoms with Gasteiger partial charge in [0.2, 0.25) is 0 Å². The molecule has 0 aromatic heterocycles. The molecular weight excluding hydrogens is 256 g/mol. The van der Waals surface area contributed by atoms with Crippen LogP contribution in [0.3, 0.4) is 0 Å². The molecule has 20 heavy (non-hydrogen) atoms. The third-order valence-electron chi connectivity index (χ3n) is 4.65. The highest BCUT2D eigenvalue weighted by atomic mass is 19.1. The molecule has 1 aromatic carbocycles. The van der Waals surface area contributed by atoms with Crippen molar-refractivity contribution in [2.75, 3.05) is 6.54 Å². The van der Waals surface area contributed by atoms with Crippen LogP contribution in [0.5, 0.6) is 0 Å². The van der Waals surface area contributed by atoms with E-state index in [-0.39, 0.29) is 0 Å². The van der Waals surface area contributed by atoms with Gasteiger partial charge in [0.1, 0.15) is 11.6 Å². The lowest BCUT2D eigenvalue weighted by Gasteiger charge is -2.25. The van der Waals surface area contributed by atoms with Crippen LogP contribution in [0.15, 0.2) is 18.2 Å². The first-order valence-electron chi connectivity index (χ1n) is 7.81. The van der Waals surface area contributed by atoms with E-state index in [0.29, 0.717) is 23.9 Å². The molecule has 3 atom stereocenters. The fraction of sp³-hybridized carbons (Fsp3) is 0.647. The molecule has 1 saturated carbocycles. The zero-order valence-electron chi connectivity index (χ0n) is 12.5. The lowest BCUT2D eigenvalue weighted by atomic mass is 9.90. The highest BCUT2D eigenvalue weighted by molar-refractivity contribution is 5.20. The molecule has 1 nitrogen and oxygen atoms in total. The molecule has 1 fully saturated rings. The second kappa shape index (κ2) is 7.16. The maximum absolute atomic E-state index is 13.8. The van der Waals surface area contributed by atoms with Crippen molar-refractivity contribution >= 4 is 0 Å². The molecule has 1 aromatic rings. The van der Waals surface area contributed by atoms with Gasteiger partial charge in [-0.25, -0.2) is 8.78 Å². The summed E-state index contributed by atoms with van der Waals surface area (Å²) in [5.41, 5.74) is 0.622. The minimum absolute atomic E-state index is 0.302. The third kappa shape index (κ3) is 3.78. The molecule has 1 aliphatic carbocycles. The summed E-state index contributed by atoms with van der Waals surface area (Å²) in [4.78, 5) is 0. The Labute approximate surface area is 120 Å². The Balaban J connectivity index is 2.05. The van der Waals surface area contributed by atoms with Crippen molar-refractivity contribution in [1.82, 2.24) is 5.32 Å². The van der Waals surface area contributed by atoms with Crippen LogP contribution in [-0.4, -0.2) is 12.6 Å². The van der Waals surface area contributed by atoms with E-state index in [2.05, 4.69) is 19.2 Å². The molecule has 0 amide bonds. The summed E-state index contributed by atoms with van der Waals surface area (Å²) in [5.74, 6) is 0.514. The van der Waals surface area contributed by atoms with E-state index in [1.54, 1.807) is 6.07 Å². The van der Waals surface area contributed by atoms with E-state index in [1.165, 1.54) is 31.7 Å². The Morgan fingerprint density at radius 3 is 2.65 bits per heavy atom. The number of halogens is 2. The molecule has 0 heterocycles. The number of benzene rings is 1. The molecule has 0 saturated heterocycles. The maximum atomic E-state index is 13.8. The van der Waals surface area contributed by atoms with Gasteiger partial charge in [-0.2, -0.15) is 0 Å². The van der Waals surface area contributed by atoms with Gasteiger partial charge in [0.15, 0.2) is 0 Å². The minimum Gasteiger partial charge on any atom is -0.314 e. The van der Waals surface area contributed by atoms with Crippen molar-refractivity contribution < 1.29 is 8.78 Å². The lowest BCUT2D eigenvalue weighted by molar-refractivity contribution is 0.345. The molecule has 1 N–H and O–H groups in total. The predicted molar refractivity (Wildman–Crippen MR) is 78.6 cm³/mol. The molecule has 0 aliphatic heterocycles. The van der Waals surface area contributed by atoms with Crippen LogP contribution < -0.4 is 5.32 Å². The second-order valence-electron chi connectivity index (χ2n) is 5.95. The van der Waals surface area contributed by atoms with E-state index in [9.17, 15) is 8.78 Å². The summed E-state index contributed by atoms with van der Waals surface area (Å²) in [6.45, 7) is 5.22. The van der Waals surface area contributed by atoms with Gasteiger partial charge in [-0.05, 0) is 49.3 Å². The third-order valence-corrected chi connectivity index (χ3v) is 4.65. The van der Waals surface area contributed by atoms with Gasteiger partial charge in [-0.3, -0.25) is 0 Å². The summed E-state index contributed by atoms with van der Waals surface area (Å²) < 4.78 is 26.8. The van der Waals surface area contributed by atoms with E-state index >= 15 is 0 Å². The molecule has 2 rings (SSSR count). The van der Waals surface area contributed by atoms with Crippen molar-refractivity contribution in [2.24, 2.45) is 11.8 Å². The average molecular weight is 281 g/mol. The molecule has 3 heteroatoms. The van der Waals surface area contributed by atoms with Gasteiger partial charge < -0.3 is 5.32 Å². The Kier molecular flexibility index (Phi) is 5.53. The van der Waals surface area contributed by atoms with Gasteiger partial charge in [0.05, 0.1) is 0 Å². The molecule has 3 unspecified atom stereocenters. The van der Waals surface area contributed by atoms with Crippen LogP contribution in [0, 0.1) is 23.5 Å². The van der Waals surface area contributed by atoms with Crippen molar-refractivity contribution in [3.8, 4) is 0 Å². The summed E-state index contributed by atoms with van der Waals surface area (Å²) in [6, 6.07) is 4.23. The number of nitrogens with one attached hydrogen (secondary N) is 1. The van der Waals surface area contributed by atoms with Crippen molar-refractivity contribution in [2.45, 2.75) is 52.0 Å². The Morgan fingerprint density at radius 1 is 1.25 bits per heavy atom. The first kappa shape index (κ1) is 15.4. The van der Waals surface area contributed by atoms with Crippen LogP contribution in [0.1, 0.15) is 45.1 Å². The first-order chi connectivity index (χ1) is 9.63. The molecule has 0 spiro atoms. The zero-order chi connectivity index (χ0) is 14.5. The molecular formula is C17H25F2N. The largest absolute Gasteiger partial charge is 0.314 e. The first-order valence-corrected chi connectivity index (χ1v) is 7.81. The fourth-order valence-electron chi connectivity index (χ4n) is 3.44. The highest BCUT2D eigenvalue weighted by Gasteiger charge is 2.30. The Morgan fingerprint density at radius 2 is 2.05 bits per heavy atom. The van der Waals surface area contributed by atoms with Crippen LogP contribution >= 0.6 is 0 Å². The number of hydrogen-bond donors (Lipinski definition) is 1. The van der Waals surface area contributed by atoms with Gasteiger partial charge in [-0.1, -0.05) is 32.8 Å². The van der Waals surface area contributed by atoms with Crippen LogP contribution in [0.25, 0.3) is 0 Å². The zero-order valence-corrected chi connectivity index (χ0v) is 12.5. The van der Waals surface area contributed by atoms with Gasteiger partial charge in [-0.15, -0.1) is 0 Å². The van der Waals surface area contributed by atoms with Crippen LogP contribution in [-0.2, 0) is 6.42 Å². The predicted octanol–water partition coefficient (Wildman–Crippen LogP) is 4.31.